The van der Waals surface area contributed by atoms with E-state index >= 15 is 0 Å². The SMILES string of the molecule is COc1cccc([C@@H]2NCC[C@@]3(O)CCCC[C@@H]23)c1. The van der Waals surface area contributed by atoms with Crippen LogP contribution in [0.2, 0.25) is 0 Å². The largest absolute Gasteiger partial charge is 0.497 e. The van der Waals surface area contributed by atoms with Crippen molar-refractivity contribution < 1.29 is 9.84 Å². The Morgan fingerprint density at radius 3 is 3.05 bits per heavy atom. The second-order valence-electron chi connectivity index (χ2n) is 5.91. The normalized spacial score (nSPS) is 34.6. The Morgan fingerprint density at radius 2 is 2.21 bits per heavy atom. The zero-order chi connectivity index (χ0) is 13.3. The van der Waals surface area contributed by atoms with Crippen molar-refractivity contribution in [3.8, 4) is 5.75 Å². The van der Waals surface area contributed by atoms with Crippen LogP contribution in [-0.4, -0.2) is 24.4 Å². The first-order chi connectivity index (χ1) is 9.23. The van der Waals surface area contributed by atoms with E-state index in [0.29, 0.717) is 5.92 Å². The number of piperidine rings is 1. The van der Waals surface area contributed by atoms with Crippen LogP contribution in [0.4, 0.5) is 0 Å². The van der Waals surface area contributed by atoms with Gasteiger partial charge >= 0.3 is 0 Å². The molecule has 3 heteroatoms. The topological polar surface area (TPSA) is 41.5 Å². The lowest BCUT2D eigenvalue weighted by atomic mass is 9.67. The Bertz CT molecular complexity index is 444. The average Bonchev–Trinajstić information content (AvgIpc) is 2.46. The third-order valence-corrected chi connectivity index (χ3v) is 4.84. The molecular formula is C16H23NO2. The van der Waals surface area contributed by atoms with Crippen LogP contribution in [0.25, 0.3) is 0 Å². The molecule has 1 aliphatic heterocycles. The summed E-state index contributed by atoms with van der Waals surface area (Å²) in [5, 5.41) is 14.5. The number of nitrogens with one attached hydrogen (secondary N) is 1. The van der Waals surface area contributed by atoms with Gasteiger partial charge in [-0.3, -0.25) is 0 Å². The van der Waals surface area contributed by atoms with Gasteiger partial charge in [0.25, 0.3) is 0 Å². The molecule has 0 spiro atoms. The highest BCUT2D eigenvalue weighted by molar-refractivity contribution is 5.32. The van der Waals surface area contributed by atoms with Crippen LogP contribution in [0.15, 0.2) is 24.3 Å². The summed E-state index contributed by atoms with van der Waals surface area (Å²) >= 11 is 0. The lowest BCUT2D eigenvalue weighted by molar-refractivity contribution is -0.0861. The zero-order valence-electron chi connectivity index (χ0n) is 11.6. The number of benzene rings is 1. The molecule has 1 heterocycles. The van der Waals surface area contributed by atoms with Gasteiger partial charge in [0.05, 0.1) is 12.7 Å². The van der Waals surface area contributed by atoms with Crippen molar-refractivity contribution in [1.82, 2.24) is 5.32 Å². The smallest absolute Gasteiger partial charge is 0.119 e. The van der Waals surface area contributed by atoms with Crippen molar-refractivity contribution in [3.63, 3.8) is 0 Å². The second kappa shape index (κ2) is 5.14. The number of fused-ring (bicyclic) bond motifs is 1. The molecule has 0 bridgehead atoms. The molecule has 0 aromatic heterocycles. The first-order valence-corrected chi connectivity index (χ1v) is 7.33. The van der Waals surface area contributed by atoms with Gasteiger partial charge in [-0.05, 0) is 43.5 Å². The number of methoxy groups -OCH3 is 1. The summed E-state index contributed by atoms with van der Waals surface area (Å²) in [6.45, 7) is 0.898. The standard InChI is InChI=1S/C16H23NO2/c1-19-13-6-4-5-12(11-13)15-14-7-2-3-8-16(14,18)9-10-17-15/h4-6,11,14-15,17-18H,2-3,7-10H2,1H3/t14-,15-,16-/m0/s1. The van der Waals surface area contributed by atoms with Gasteiger partial charge in [0.2, 0.25) is 0 Å². The van der Waals surface area contributed by atoms with Crippen molar-refractivity contribution in [1.29, 1.82) is 0 Å². The van der Waals surface area contributed by atoms with Gasteiger partial charge in [0.1, 0.15) is 5.75 Å². The number of hydrogen-bond donors (Lipinski definition) is 2. The average molecular weight is 261 g/mol. The summed E-state index contributed by atoms with van der Waals surface area (Å²) in [5.74, 6) is 1.23. The summed E-state index contributed by atoms with van der Waals surface area (Å²) in [4.78, 5) is 0. The van der Waals surface area contributed by atoms with E-state index in [1.165, 1.54) is 12.0 Å². The minimum atomic E-state index is -0.461. The van der Waals surface area contributed by atoms with E-state index in [4.69, 9.17) is 4.74 Å². The monoisotopic (exact) mass is 261 g/mol. The van der Waals surface area contributed by atoms with E-state index in [9.17, 15) is 5.11 Å². The molecule has 104 valence electrons. The van der Waals surface area contributed by atoms with E-state index in [2.05, 4.69) is 17.4 Å². The van der Waals surface area contributed by atoms with Crippen LogP contribution in [0, 0.1) is 5.92 Å². The van der Waals surface area contributed by atoms with E-state index in [0.717, 1.165) is 38.0 Å². The molecule has 0 unspecified atom stereocenters. The second-order valence-corrected chi connectivity index (χ2v) is 5.91. The molecule has 3 atom stereocenters. The van der Waals surface area contributed by atoms with Crippen LogP contribution in [-0.2, 0) is 0 Å². The maximum absolute atomic E-state index is 10.9. The van der Waals surface area contributed by atoms with Crippen molar-refractivity contribution in [2.75, 3.05) is 13.7 Å². The summed E-state index contributed by atoms with van der Waals surface area (Å²) in [6, 6.07) is 8.50. The Labute approximate surface area is 115 Å². The summed E-state index contributed by atoms with van der Waals surface area (Å²) in [7, 11) is 1.70. The van der Waals surface area contributed by atoms with Crippen molar-refractivity contribution in [2.45, 2.75) is 43.7 Å². The highest BCUT2D eigenvalue weighted by Crippen LogP contribution is 2.45. The fourth-order valence-corrected chi connectivity index (χ4v) is 3.81. The van der Waals surface area contributed by atoms with E-state index in [1.807, 2.05) is 12.1 Å². The Hall–Kier alpha value is -1.06. The van der Waals surface area contributed by atoms with Gasteiger partial charge in [-0.1, -0.05) is 25.0 Å². The highest BCUT2D eigenvalue weighted by Gasteiger charge is 2.45. The van der Waals surface area contributed by atoms with Crippen LogP contribution in [0.3, 0.4) is 0 Å². The summed E-state index contributed by atoms with van der Waals surface area (Å²) < 4.78 is 5.32. The predicted octanol–water partition coefficient (Wildman–Crippen LogP) is 2.65. The quantitative estimate of drug-likeness (QED) is 0.860. The Kier molecular flexibility index (Phi) is 3.50. The first-order valence-electron chi connectivity index (χ1n) is 7.33. The van der Waals surface area contributed by atoms with Gasteiger partial charge in [0.15, 0.2) is 0 Å². The van der Waals surface area contributed by atoms with Gasteiger partial charge in [-0.15, -0.1) is 0 Å². The van der Waals surface area contributed by atoms with E-state index in [1.54, 1.807) is 7.11 Å². The highest BCUT2D eigenvalue weighted by atomic mass is 16.5. The Balaban J connectivity index is 1.90. The van der Waals surface area contributed by atoms with Crippen molar-refractivity contribution in [3.05, 3.63) is 29.8 Å². The molecule has 1 aliphatic carbocycles. The molecule has 2 N–H and O–H groups in total. The Morgan fingerprint density at radius 1 is 1.32 bits per heavy atom. The number of aliphatic hydroxyl groups is 1. The molecule has 1 aromatic carbocycles. The van der Waals surface area contributed by atoms with E-state index < -0.39 is 5.60 Å². The summed E-state index contributed by atoms with van der Waals surface area (Å²) in [5.41, 5.74) is 0.779. The van der Waals surface area contributed by atoms with Crippen LogP contribution < -0.4 is 10.1 Å². The molecule has 1 aromatic rings. The molecule has 2 fully saturated rings. The van der Waals surface area contributed by atoms with Gasteiger partial charge in [0, 0.05) is 12.0 Å². The minimum Gasteiger partial charge on any atom is -0.497 e. The molecule has 0 amide bonds. The van der Waals surface area contributed by atoms with Gasteiger partial charge < -0.3 is 15.2 Å². The fourth-order valence-electron chi connectivity index (χ4n) is 3.81. The molecule has 0 radical (unpaired) electrons. The third-order valence-electron chi connectivity index (χ3n) is 4.84. The van der Waals surface area contributed by atoms with Gasteiger partial charge in [-0.2, -0.15) is 0 Å². The summed E-state index contributed by atoms with van der Waals surface area (Å²) in [6.07, 6.45) is 5.36. The van der Waals surface area contributed by atoms with Gasteiger partial charge in [-0.25, -0.2) is 0 Å². The zero-order valence-corrected chi connectivity index (χ0v) is 11.6. The molecular weight excluding hydrogens is 238 g/mol. The van der Waals surface area contributed by atoms with Crippen LogP contribution in [0.5, 0.6) is 5.75 Å². The first kappa shape index (κ1) is 12.9. The van der Waals surface area contributed by atoms with Crippen LogP contribution in [0.1, 0.15) is 43.7 Å². The molecule has 1 saturated heterocycles. The molecule has 3 rings (SSSR count). The lowest BCUT2D eigenvalue weighted by Crippen LogP contribution is -2.53. The molecule has 3 nitrogen and oxygen atoms in total. The van der Waals surface area contributed by atoms with Crippen molar-refractivity contribution in [2.24, 2.45) is 5.92 Å². The minimum absolute atomic E-state index is 0.258. The van der Waals surface area contributed by atoms with Crippen LogP contribution >= 0.6 is 0 Å². The maximum atomic E-state index is 10.9. The number of rotatable bonds is 2. The third kappa shape index (κ3) is 2.37. The van der Waals surface area contributed by atoms with Crippen molar-refractivity contribution >= 4 is 0 Å². The number of ether oxygens (including phenoxy) is 1. The maximum Gasteiger partial charge on any atom is 0.119 e. The number of hydrogen-bond acceptors (Lipinski definition) is 3. The molecule has 2 aliphatic rings. The predicted molar refractivity (Wildman–Crippen MR) is 75.3 cm³/mol. The van der Waals surface area contributed by atoms with E-state index in [-0.39, 0.29) is 6.04 Å². The molecule has 19 heavy (non-hydrogen) atoms. The molecule has 1 saturated carbocycles. The fraction of sp³-hybridized carbons (Fsp3) is 0.625. The lowest BCUT2D eigenvalue weighted by Gasteiger charge is -2.48.